The summed E-state index contributed by atoms with van der Waals surface area (Å²) in [5, 5.41) is 9.02. The van der Waals surface area contributed by atoms with Gasteiger partial charge in [-0.2, -0.15) is 0 Å². The maximum atomic E-state index is 12.9. The first-order valence-corrected chi connectivity index (χ1v) is 6.86. The predicted molar refractivity (Wildman–Crippen MR) is 71.4 cm³/mol. The Kier molecular flexibility index (Phi) is 4.76. The molecular formula is C13H15BrFNO3. The number of rotatable bonds is 4. The molecule has 19 heavy (non-hydrogen) atoms. The van der Waals surface area contributed by atoms with Gasteiger partial charge in [0.25, 0.3) is 5.91 Å². The zero-order valence-electron chi connectivity index (χ0n) is 10.3. The van der Waals surface area contributed by atoms with Gasteiger partial charge in [0, 0.05) is 25.6 Å². The molecule has 1 aliphatic heterocycles. The number of carbonyl (C=O) groups excluding carboxylic acids is 1. The Morgan fingerprint density at radius 1 is 1.58 bits per heavy atom. The van der Waals surface area contributed by atoms with Crippen molar-refractivity contribution in [2.24, 2.45) is 5.92 Å². The molecule has 0 aliphatic carbocycles. The van der Waals surface area contributed by atoms with E-state index in [4.69, 9.17) is 9.84 Å². The van der Waals surface area contributed by atoms with E-state index in [0.29, 0.717) is 23.3 Å². The third kappa shape index (κ3) is 3.67. The van der Waals surface area contributed by atoms with Gasteiger partial charge in [0.15, 0.2) is 6.61 Å². The second-order valence-corrected chi connectivity index (χ2v) is 5.39. The molecule has 1 fully saturated rings. The van der Waals surface area contributed by atoms with Crippen molar-refractivity contribution >= 4 is 21.8 Å². The molecule has 0 saturated carbocycles. The average molecular weight is 332 g/mol. The number of aliphatic hydroxyl groups is 1. The zero-order valence-corrected chi connectivity index (χ0v) is 11.9. The highest BCUT2D eigenvalue weighted by Crippen LogP contribution is 2.25. The average Bonchev–Trinajstić information content (AvgIpc) is 2.86. The molecule has 1 aromatic rings. The minimum absolute atomic E-state index is 0.0810. The molecule has 1 saturated heterocycles. The lowest BCUT2D eigenvalue weighted by Crippen LogP contribution is -2.33. The van der Waals surface area contributed by atoms with E-state index < -0.39 is 0 Å². The van der Waals surface area contributed by atoms with E-state index in [0.717, 1.165) is 6.42 Å². The van der Waals surface area contributed by atoms with Gasteiger partial charge in [0.1, 0.15) is 11.6 Å². The highest BCUT2D eigenvalue weighted by molar-refractivity contribution is 9.10. The third-order valence-electron chi connectivity index (χ3n) is 3.14. The number of hydrogen-bond acceptors (Lipinski definition) is 3. The second-order valence-electron chi connectivity index (χ2n) is 4.54. The lowest BCUT2D eigenvalue weighted by Gasteiger charge is -2.16. The fourth-order valence-corrected chi connectivity index (χ4v) is 2.50. The number of benzene rings is 1. The number of amides is 1. The quantitative estimate of drug-likeness (QED) is 0.915. The normalized spacial score (nSPS) is 18.7. The summed E-state index contributed by atoms with van der Waals surface area (Å²) in [4.78, 5) is 13.6. The van der Waals surface area contributed by atoms with Crippen LogP contribution in [0.1, 0.15) is 6.42 Å². The van der Waals surface area contributed by atoms with Gasteiger partial charge in [-0.15, -0.1) is 0 Å². The monoisotopic (exact) mass is 331 g/mol. The maximum Gasteiger partial charge on any atom is 0.260 e. The van der Waals surface area contributed by atoms with Crippen molar-refractivity contribution in [3.63, 3.8) is 0 Å². The SMILES string of the molecule is O=C(COc1ccc(F)cc1Br)N1CCC(CO)C1. The van der Waals surface area contributed by atoms with E-state index >= 15 is 0 Å². The second kappa shape index (κ2) is 6.34. The number of halogens is 2. The number of ether oxygens (including phenoxy) is 1. The van der Waals surface area contributed by atoms with E-state index in [2.05, 4.69) is 15.9 Å². The van der Waals surface area contributed by atoms with Crippen molar-refractivity contribution in [2.75, 3.05) is 26.3 Å². The summed E-state index contributed by atoms with van der Waals surface area (Å²) < 4.78 is 18.7. The van der Waals surface area contributed by atoms with Crippen LogP contribution in [0.4, 0.5) is 4.39 Å². The molecule has 2 rings (SSSR count). The van der Waals surface area contributed by atoms with Gasteiger partial charge in [-0.25, -0.2) is 4.39 Å². The van der Waals surface area contributed by atoms with E-state index in [-0.39, 0.29) is 30.9 Å². The van der Waals surface area contributed by atoms with Crippen LogP contribution in [0.2, 0.25) is 0 Å². The number of aliphatic hydroxyl groups excluding tert-OH is 1. The Morgan fingerprint density at radius 3 is 3.00 bits per heavy atom. The summed E-state index contributed by atoms with van der Waals surface area (Å²) >= 11 is 3.18. The topological polar surface area (TPSA) is 49.8 Å². The summed E-state index contributed by atoms with van der Waals surface area (Å²) in [7, 11) is 0. The minimum atomic E-state index is -0.365. The molecule has 1 atom stereocenters. The van der Waals surface area contributed by atoms with Crippen LogP contribution in [-0.4, -0.2) is 42.2 Å². The highest BCUT2D eigenvalue weighted by atomic mass is 79.9. The van der Waals surface area contributed by atoms with Crippen LogP contribution in [-0.2, 0) is 4.79 Å². The summed E-state index contributed by atoms with van der Waals surface area (Å²) in [6.07, 6.45) is 0.822. The van der Waals surface area contributed by atoms with Crippen LogP contribution in [0.25, 0.3) is 0 Å². The summed E-state index contributed by atoms with van der Waals surface area (Å²) in [6, 6.07) is 4.05. The highest BCUT2D eigenvalue weighted by Gasteiger charge is 2.25. The van der Waals surface area contributed by atoms with E-state index in [1.807, 2.05) is 0 Å². The Morgan fingerprint density at radius 2 is 2.37 bits per heavy atom. The molecule has 1 amide bonds. The summed E-state index contributed by atoms with van der Waals surface area (Å²) in [5.74, 6) is 0.122. The largest absolute Gasteiger partial charge is 0.483 e. The number of carbonyl (C=O) groups is 1. The first kappa shape index (κ1) is 14.3. The Hall–Kier alpha value is -1.14. The van der Waals surface area contributed by atoms with Gasteiger partial charge < -0.3 is 14.7 Å². The standard InChI is InChI=1S/C13H15BrFNO3/c14-11-5-10(15)1-2-12(11)19-8-13(18)16-4-3-9(6-16)7-17/h1-2,5,9,17H,3-4,6-8H2. The van der Waals surface area contributed by atoms with Crippen LogP contribution in [0.3, 0.4) is 0 Å². The third-order valence-corrected chi connectivity index (χ3v) is 3.76. The van der Waals surface area contributed by atoms with Crippen LogP contribution in [0, 0.1) is 11.7 Å². The van der Waals surface area contributed by atoms with Crippen molar-refractivity contribution in [3.05, 3.63) is 28.5 Å². The molecule has 4 nitrogen and oxygen atoms in total. The lowest BCUT2D eigenvalue weighted by atomic mass is 10.1. The van der Waals surface area contributed by atoms with Crippen LogP contribution in [0.15, 0.2) is 22.7 Å². The number of hydrogen-bond donors (Lipinski definition) is 1. The molecule has 0 aromatic heterocycles. The molecule has 0 spiro atoms. The molecule has 1 aliphatic rings. The van der Waals surface area contributed by atoms with Crippen molar-refractivity contribution in [2.45, 2.75) is 6.42 Å². The van der Waals surface area contributed by atoms with Gasteiger partial charge in [-0.3, -0.25) is 4.79 Å². The van der Waals surface area contributed by atoms with Crippen molar-refractivity contribution in [1.82, 2.24) is 4.90 Å². The Labute approximate surface area is 119 Å². The van der Waals surface area contributed by atoms with E-state index in [1.54, 1.807) is 4.90 Å². The smallest absolute Gasteiger partial charge is 0.260 e. The van der Waals surface area contributed by atoms with Crippen molar-refractivity contribution in [1.29, 1.82) is 0 Å². The Bertz CT molecular complexity index is 469. The van der Waals surface area contributed by atoms with Crippen LogP contribution in [0.5, 0.6) is 5.75 Å². The fourth-order valence-electron chi connectivity index (χ4n) is 2.03. The van der Waals surface area contributed by atoms with Crippen LogP contribution >= 0.6 is 15.9 Å². The predicted octanol–water partition coefficient (Wildman–Crippen LogP) is 1.81. The number of likely N-dealkylation sites (tertiary alicyclic amines) is 1. The fraction of sp³-hybridized carbons (Fsp3) is 0.462. The first-order valence-electron chi connectivity index (χ1n) is 6.06. The molecule has 6 heteroatoms. The first-order chi connectivity index (χ1) is 9.10. The molecule has 1 aromatic carbocycles. The molecular weight excluding hydrogens is 317 g/mol. The molecule has 1 unspecified atom stereocenters. The minimum Gasteiger partial charge on any atom is -0.483 e. The summed E-state index contributed by atoms with van der Waals surface area (Å²) in [6.45, 7) is 1.25. The van der Waals surface area contributed by atoms with Gasteiger partial charge in [0.2, 0.25) is 0 Å². The molecule has 1 heterocycles. The number of nitrogens with zero attached hydrogens (tertiary/aromatic N) is 1. The van der Waals surface area contributed by atoms with Crippen molar-refractivity contribution in [3.8, 4) is 5.75 Å². The summed E-state index contributed by atoms with van der Waals surface area (Å²) in [5.41, 5.74) is 0. The molecule has 0 radical (unpaired) electrons. The van der Waals surface area contributed by atoms with Gasteiger partial charge in [0.05, 0.1) is 4.47 Å². The zero-order chi connectivity index (χ0) is 13.8. The molecule has 1 N–H and O–H groups in total. The van der Waals surface area contributed by atoms with Gasteiger partial charge in [-0.05, 0) is 40.5 Å². The van der Waals surface area contributed by atoms with Gasteiger partial charge in [-0.1, -0.05) is 0 Å². The molecule has 0 bridgehead atoms. The van der Waals surface area contributed by atoms with E-state index in [1.165, 1.54) is 18.2 Å². The molecule has 104 valence electrons. The van der Waals surface area contributed by atoms with Crippen LogP contribution < -0.4 is 4.74 Å². The lowest BCUT2D eigenvalue weighted by molar-refractivity contribution is -0.132. The Balaban J connectivity index is 1.87. The van der Waals surface area contributed by atoms with Gasteiger partial charge >= 0.3 is 0 Å². The maximum absolute atomic E-state index is 12.9. The van der Waals surface area contributed by atoms with E-state index in [9.17, 15) is 9.18 Å². The van der Waals surface area contributed by atoms with Crippen molar-refractivity contribution < 1.29 is 19.0 Å².